The SMILES string of the molecule is CC1CCCCC12NC(=O)N(CC(=O)Nc1ccc(OC(F)F)cc1)C2=O. The second kappa shape index (κ2) is 7.50. The van der Waals surface area contributed by atoms with Crippen molar-refractivity contribution in [3.63, 3.8) is 0 Å². The van der Waals surface area contributed by atoms with Crippen LogP contribution in [0.2, 0.25) is 0 Å². The molecule has 2 atom stereocenters. The van der Waals surface area contributed by atoms with Crippen LogP contribution < -0.4 is 15.4 Å². The molecule has 27 heavy (non-hydrogen) atoms. The van der Waals surface area contributed by atoms with Crippen molar-refractivity contribution in [1.29, 1.82) is 0 Å². The van der Waals surface area contributed by atoms with Crippen molar-refractivity contribution in [2.75, 3.05) is 11.9 Å². The molecule has 1 spiro atoms. The lowest BCUT2D eigenvalue weighted by molar-refractivity contribution is -0.136. The Morgan fingerprint density at radius 3 is 2.67 bits per heavy atom. The summed E-state index contributed by atoms with van der Waals surface area (Å²) in [6, 6.07) is 4.80. The number of nitrogens with one attached hydrogen (secondary N) is 2. The van der Waals surface area contributed by atoms with Crippen LogP contribution in [0.5, 0.6) is 5.75 Å². The molecule has 3 rings (SSSR count). The predicted molar refractivity (Wildman–Crippen MR) is 92.3 cm³/mol. The van der Waals surface area contributed by atoms with Crippen LogP contribution in [0.25, 0.3) is 0 Å². The van der Waals surface area contributed by atoms with Crippen molar-refractivity contribution in [2.45, 2.75) is 44.8 Å². The fourth-order valence-electron chi connectivity index (χ4n) is 3.70. The van der Waals surface area contributed by atoms with Crippen LogP contribution in [0.4, 0.5) is 19.3 Å². The smallest absolute Gasteiger partial charge is 0.387 e. The third kappa shape index (κ3) is 3.86. The van der Waals surface area contributed by atoms with Crippen LogP contribution in [0.3, 0.4) is 0 Å². The van der Waals surface area contributed by atoms with Gasteiger partial charge in [-0.2, -0.15) is 8.78 Å². The lowest BCUT2D eigenvalue weighted by Crippen LogP contribution is -2.54. The summed E-state index contributed by atoms with van der Waals surface area (Å²) in [5.74, 6) is -0.944. The standard InChI is InChI=1S/C18H21F2N3O4/c1-11-4-2-3-9-18(11)15(25)23(17(26)22-18)10-14(24)21-12-5-7-13(8-6-12)27-16(19)20/h5-8,11,16H,2-4,9-10H2,1H3,(H,21,24)(H,22,26). The number of rotatable bonds is 5. The third-order valence-corrected chi connectivity index (χ3v) is 5.17. The molecular weight excluding hydrogens is 360 g/mol. The maximum Gasteiger partial charge on any atom is 0.387 e. The Morgan fingerprint density at radius 2 is 2.04 bits per heavy atom. The molecule has 1 aliphatic heterocycles. The first kappa shape index (κ1) is 19.1. The normalized spacial score (nSPS) is 25.0. The Morgan fingerprint density at radius 1 is 1.33 bits per heavy atom. The molecule has 1 heterocycles. The number of halogens is 2. The summed E-state index contributed by atoms with van der Waals surface area (Å²) in [6.07, 6.45) is 3.28. The number of urea groups is 1. The first-order valence-corrected chi connectivity index (χ1v) is 8.80. The molecule has 7 nitrogen and oxygen atoms in total. The van der Waals surface area contributed by atoms with E-state index in [1.807, 2.05) is 6.92 Å². The van der Waals surface area contributed by atoms with E-state index in [1.165, 1.54) is 24.3 Å². The number of carbonyl (C=O) groups excluding carboxylic acids is 3. The van der Waals surface area contributed by atoms with E-state index in [1.54, 1.807) is 0 Å². The fraction of sp³-hybridized carbons (Fsp3) is 0.500. The molecule has 2 unspecified atom stereocenters. The van der Waals surface area contributed by atoms with Gasteiger partial charge in [-0.3, -0.25) is 14.5 Å². The fourth-order valence-corrected chi connectivity index (χ4v) is 3.70. The van der Waals surface area contributed by atoms with Gasteiger partial charge in [-0.05, 0) is 43.0 Å². The average Bonchev–Trinajstić information content (AvgIpc) is 2.84. The van der Waals surface area contributed by atoms with E-state index < -0.39 is 30.6 Å². The summed E-state index contributed by atoms with van der Waals surface area (Å²) >= 11 is 0. The molecular formula is C18H21F2N3O4. The zero-order valence-corrected chi connectivity index (χ0v) is 14.8. The summed E-state index contributed by atoms with van der Waals surface area (Å²) in [6.45, 7) is -1.40. The van der Waals surface area contributed by atoms with Crippen molar-refractivity contribution in [3.8, 4) is 5.75 Å². The zero-order valence-electron chi connectivity index (χ0n) is 14.8. The molecule has 2 fully saturated rings. The molecule has 1 saturated carbocycles. The highest BCUT2D eigenvalue weighted by Gasteiger charge is 2.55. The van der Waals surface area contributed by atoms with Gasteiger partial charge in [0.05, 0.1) is 0 Å². The van der Waals surface area contributed by atoms with E-state index in [0.717, 1.165) is 24.2 Å². The van der Waals surface area contributed by atoms with Crippen LogP contribution in [0.1, 0.15) is 32.6 Å². The van der Waals surface area contributed by atoms with Gasteiger partial charge in [0.25, 0.3) is 5.91 Å². The number of amides is 4. The van der Waals surface area contributed by atoms with Crippen molar-refractivity contribution < 1.29 is 27.9 Å². The monoisotopic (exact) mass is 381 g/mol. The molecule has 0 bridgehead atoms. The van der Waals surface area contributed by atoms with E-state index in [-0.39, 0.29) is 17.6 Å². The largest absolute Gasteiger partial charge is 0.435 e. The highest BCUT2D eigenvalue weighted by Crippen LogP contribution is 2.38. The Labute approximate surface area is 155 Å². The lowest BCUT2D eigenvalue weighted by atomic mass is 9.73. The molecule has 2 aliphatic rings. The van der Waals surface area contributed by atoms with Crippen molar-refractivity contribution in [3.05, 3.63) is 24.3 Å². The number of alkyl halides is 2. The quantitative estimate of drug-likeness (QED) is 0.768. The van der Waals surface area contributed by atoms with Crippen LogP contribution in [0.15, 0.2) is 24.3 Å². The molecule has 1 aromatic carbocycles. The van der Waals surface area contributed by atoms with Crippen LogP contribution >= 0.6 is 0 Å². The van der Waals surface area contributed by atoms with Gasteiger partial charge < -0.3 is 15.4 Å². The highest BCUT2D eigenvalue weighted by atomic mass is 19.3. The Bertz CT molecular complexity index is 741. The second-order valence-electron chi connectivity index (χ2n) is 6.89. The van der Waals surface area contributed by atoms with Crippen molar-refractivity contribution in [1.82, 2.24) is 10.2 Å². The van der Waals surface area contributed by atoms with Crippen molar-refractivity contribution >= 4 is 23.5 Å². The maximum atomic E-state index is 12.8. The minimum absolute atomic E-state index is 0.0122. The molecule has 146 valence electrons. The number of anilines is 1. The number of hydrogen-bond acceptors (Lipinski definition) is 4. The maximum absolute atomic E-state index is 12.8. The topological polar surface area (TPSA) is 87.7 Å². The van der Waals surface area contributed by atoms with Gasteiger partial charge in [0.15, 0.2) is 0 Å². The number of ether oxygens (including phenoxy) is 1. The molecule has 1 aromatic rings. The van der Waals surface area contributed by atoms with Gasteiger partial charge in [-0.1, -0.05) is 19.8 Å². The van der Waals surface area contributed by atoms with Gasteiger partial charge in [0.1, 0.15) is 17.8 Å². The molecule has 4 amide bonds. The van der Waals surface area contributed by atoms with E-state index >= 15 is 0 Å². The van der Waals surface area contributed by atoms with Crippen LogP contribution in [-0.2, 0) is 9.59 Å². The summed E-state index contributed by atoms with van der Waals surface area (Å²) in [4.78, 5) is 38.3. The average molecular weight is 381 g/mol. The number of benzene rings is 1. The number of hydrogen-bond donors (Lipinski definition) is 2. The van der Waals surface area contributed by atoms with E-state index in [0.29, 0.717) is 12.1 Å². The molecule has 1 aliphatic carbocycles. The Kier molecular flexibility index (Phi) is 5.29. The second-order valence-corrected chi connectivity index (χ2v) is 6.89. The molecule has 2 N–H and O–H groups in total. The zero-order chi connectivity index (χ0) is 19.6. The summed E-state index contributed by atoms with van der Waals surface area (Å²) in [5, 5.41) is 5.32. The Balaban J connectivity index is 1.62. The highest BCUT2D eigenvalue weighted by molar-refractivity contribution is 6.10. The van der Waals surface area contributed by atoms with Crippen LogP contribution in [0, 0.1) is 5.92 Å². The van der Waals surface area contributed by atoms with Gasteiger partial charge in [0.2, 0.25) is 5.91 Å². The summed E-state index contributed by atoms with van der Waals surface area (Å²) in [5.41, 5.74) is -0.571. The van der Waals surface area contributed by atoms with Gasteiger partial charge in [0, 0.05) is 5.69 Å². The van der Waals surface area contributed by atoms with Gasteiger partial charge in [-0.15, -0.1) is 0 Å². The third-order valence-electron chi connectivity index (χ3n) is 5.17. The Hall–Kier alpha value is -2.71. The number of carbonyl (C=O) groups is 3. The van der Waals surface area contributed by atoms with Crippen molar-refractivity contribution in [2.24, 2.45) is 5.92 Å². The van der Waals surface area contributed by atoms with Gasteiger partial charge >= 0.3 is 12.6 Å². The molecule has 9 heteroatoms. The minimum atomic E-state index is -2.93. The first-order valence-electron chi connectivity index (χ1n) is 8.80. The minimum Gasteiger partial charge on any atom is -0.435 e. The predicted octanol–water partition coefficient (Wildman–Crippen LogP) is 2.73. The van der Waals surface area contributed by atoms with E-state index in [4.69, 9.17) is 0 Å². The summed E-state index contributed by atoms with van der Waals surface area (Å²) < 4.78 is 28.5. The van der Waals surface area contributed by atoms with E-state index in [9.17, 15) is 23.2 Å². The van der Waals surface area contributed by atoms with Crippen LogP contribution in [-0.4, -0.2) is 41.4 Å². The van der Waals surface area contributed by atoms with Gasteiger partial charge in [-0.25, -0.2) is 4.79 Å². The number of imide groups is 1. The molecule has 0 radical (unpaired) electrons. The first-order chi connectivity index (χ1) is 12.8. The van der Waals surface area contributed by atoms with E-state index in [2.05, 4.69) is 15.4 Å². The summed E-state index contributed by atoms with van der Waals surface area (Å²) in [7, 11) is 0. The lowest BCUT2D eigenvalue weighted by Gasteiger charge is -2.36. The molecule has 0 aromatic heterocycles. The number of nitrogens with zero attached hydrogens (tertiary/aromatic N) is 1. The molecule has 1 saturated heterocycles.